The highest BCUT2D eigenvalue weighted by molar-refractivity contribution is 9.09. The Kier molecular flexibility index (Phi) is 6.83. The number of nitrogens with zero attached hydrogens (tertiary/aromatic N) is 1. The van der Waals surface area contributed by atoms with E-state index in [2.05, 4.69) is 65.9 Å². The van der Waals surface area contributed by atoms with Crippen LogP contribution in [-0.2, 0) is 6.54 Å². The zero-order valence-electron chi connectivity index (χ0n) is 11.2. The van der Waals surface area contributed by atoms with Crippen LogP contribution in [0.5, 0.6) is 0 Å². The lowest BCUT2D eigenvalue weighted by Gasteiger charge is -2.20. The topological polar surface area (TPSA) is 3.24 Å². The van der Waals surface area contributed by atoms with Gasteiger partial charge in [0.2, 0.25) is 0 Å². The van der Waals surface area contributed by atoms with Gasteiger partial charge in [-0.3, -0.25) is 4.90 Å². The van der Waals surface area contributed by atoms with E-state index in [0.717, 1.165) is 18.4 Å². The van der Waals surface area contributed by atoms with E-state index in [1.54, 1.807) is 0 Å². The van der Waals surface area contributed by atoms with Crippen LogP contribution in [0.4, 0.5) is 0 Å². The summed E-state index contributed by atoms with van der Waals surface area (Å²) in [6, 6.07) is 9.06. The normalized spacial score (nSPS) is 11.4. The number of hydrogen-bond acceptors (Lipinski definition) is 1. The fraction of sp³-hybridized carbons (Fsp3) is 0.600. The van der Waals surface area contributed by atoms with Crippen molar-refractivity contribution >= 4 is 15.9 Å². The predicted octanol–water partition coefficient (Wildman–Crippen LogP) is 4.42. The van der Waals surface area contributed by atoms with Gasteiger partial charge in [-0.15, -0.1) is 0 Å². The molecular formula is C15H24BrN. The Morgan fingerprint density at radius 3 is 2.24 bits per heavy atom. The Morgan fingerprint density at radius 2 is 1.76 bits per heavy atom. The van der Waals surface area contributed by atoms with Gasteiger partial charge < -0.3 is 0 Å². The zero-order chi connectivity index (χ0) is 12.7. The summed E-state index contributed by atoms with van der Waals surface area (Å²) < 4.78 is 0. The maximum absolute atomic E-state index is 3.52. The van der Waals surface area contributed by atoms with Crippen LogP contribution in [-0.4, -0.2) is 23.3 Å². The highest BCUT2D eigenvalue weighted by Crippen LogP contribution is 2.15. The van der Waals surface area contributed by atoms with E-state index < -0.39 is 0 Å². The van der Waals surface area contributed by atoms with Gasteiger partial charge in [-0.1, -0.05) is 61.0 Å². The summed E-state index contributed by atoms with van der Waals surface area (Å²) in [5.41, 5.74) is 2.85. The number of halogens is 1. The molecule has 17 heavy (non-hydrogen) atoms. The molecule has 0 fully saturated rings. The first-order valence-electron chi connectivity index (χ1n) is 6.54. The van der Waals surface area contributed by atoms with E-state index in [0.29, 0.717) is 5.92 Å². The van der Waals surface area contributed by atoms with Crippen LogP contribution in [0, 0.1) is 0 Å². The molecule has 0 amide bonds. The third-order valence-corrected chi connectivity index (χ3v) is 3.35. The first-order chi connectivity index (χ1) is 8.17. The maximum Gasteiger partial charge on any atom is 0.0234 e. The van der Waals surface area contributed by atoms with Gasteiger partial charge in [0.25, 0.3) is 0 Å². The second kappa shape index (κ2) is 7.88. The van der Waals surface area contributed by atoms with Gasteiger partial charge in [0.05, 0.1) is 0 Å². The Balaban J connectivity index is 2.59. The Labute approximate surface area is 114 Å². The Morgan fingerprint density at radius 1 is 1.12 bits per heavy atom. The predicted molar refractivity (Wildman–Crippen MR) is 79.9 cm³/mol. The molecule has 0 aliphatic heterocycles. The smallest absolute Gasteiger partial charge is 0.0234 e. The Bertz CT molecular complexity index is 299. The van der Waals surface area contributed by atoms with Gasteiger partial charge in [-0.2, -0.15) is 0 Å². The summed E-state index contributed by atoms with van der Waals surface area (Å²) in [6.45, 7) is 10.1. The number of benzene rings is 1. The van der Waals surface area contributed by atoms with E-state index >= 15 is 0 Å². The SMILES string of the molecule is CCCN(CCBr)Cc1ccc(C(C)C)cc1. The van der Waals surface area contributed by atoms with Gasteiger partial charge in [-0.25, -0.2) is 0 Å². The van der Waals surface area contributed by atoms with Crippen molar-refractivity contribution in [2.24, 2.45) is 0 Å². The zero-order valence-corrected chi connectivity index (χ0v) is 12.8. The molecule has 0 radical (unpaired) electrons. The summed E-state index contributed by atoms with van der Waals surface area (Å²) in [7, 11) is 0. The summed E-state index contributed by atoms with van der Waals surface area (Å²) in [5, 5.41) is 1.05. The van der Waals surface area contributed by atoms with E-state index in [4.69, 9.17) is 0 Å². The van der Waals surface area contributed by atoms with Crippen LogP contribution in [0.15, 0.2) is 24.3 Å². The molecule has 0 unspecified atom stereocenters. The summed E-state index contributed by atoms with van der Waals surface area (Å²) in [4.78, 5) is 2.50. The first kappa shape index (κ1) is 14.7. The largest absolute Gasteiger partial charge is 0.298 e. The molecule has 0 saturated carbocycles. The summed E-state index contributed by atoms with van der Waals surface area (Å²) in [5.74, 6) is 0.623. The molecule has 0 aliphatic rings. The standard InChI is InChI=1S/C15H24BrN/c1-4-10-17(11-9-16)12-14-5-7-15(8-6-14)13(2)3/h5-8,13H,4,9-12H2,1-3H3. The molecule has 0 aromatic heterocycles. The van der Waals surface area contributed by atoms with Crippen LogP contribution < -0.4 is 0 Å². The van der Waals surface area contributed by atoms with E-state index in [1.165, 1.54) is 24.1 Å². The van der Waals surface area contributed by atoms with Crippen molar-refractivity contribution in [1.82, 2.24) is 4.90 Å². The molecule has 0 atom stereocenters. The molecule has 1 nitrogen and oxygen atoms in total. The second-order valence-electron chi connectivity index (χ2n) is 4.86. The van der Waals surface area contributed by atoms with E-state index in [-0.39, 0.29) is 0 Å². The minimum absolute atomic E-state index is 0.623. The minimum Gasteiger partial charge on any atom is -0.298 e. The molecule has 0 N–H and O–H groups in total. The van der Waals surface area contributed by atoms with E-state index in [1.807, 2.05) is 0 Å². The van der Waals surface area contributed by atoms with Crippen LogP contribution in [0.25, 0.3) is 0 Å². The van der Waals surface area contributed by atoms with Crippen molar-refractivity contribution in [3.05, 3.63) is 35.4 Å². The first-order valence-corrected chi connectivity index (χ1v) is 7.66. The van der Waals surface area contributed by atoms with Gasteiger partial charge >= 0.3 is 0 Å². The third kappa shape index (κ3) is 5.22. The molecule has 0 bridgehead atoms. The number of rotatable bonds is 7. The Hall–Kier alpha value is -0.340. The van der Waals surface area contributed by atoms with Crippen molar-refractivity contribution in [3.8, 4) is 0 Å². The van der Waals surface area contributed by atoms with Crippen LogP contribution in [0.3, 0.4) is 0 Å². The highest BCUT2D eigenvalue weighted by Gasteiger charge is 2.05. The van der Waals surface area contributed by atoms with Crippen molar-refractivity contribution in [2.75, 3.05) is 18.4 Å². The molecule has 1 rings (SSSR count). The lowest BCUT2D eigenvalue weighted by Crippen LogP contribution is -2.26. The maximum atomic E-state index is 3.52. The molecule has 1 aromatic carbocycles. The minimum atomic E-state index is 0.623. The number of hydrogen-bond donors (Lipinski definition) is 0. The lowest BCUT2D eigenvalue weighted by molar-refractivity contribution is 0.284. The summed E-state index contributed by atoms with van der Waals surface area (Å²) >= 11 is 3.52. The average molecular weight is 298 g/mol. The average Bonchev–Trinajstić information content (AvgIpc) is 2.30. The van der Waals surface area contributed by atoms with Crippen molar-refractivity contribution in [2.45, 2.75) is 39.7 Å². The second-order valence-corrected chi connectivity index (χ2v) is 5.65. The van der Waals surface area contributed by atoms with Gasteiger partial charge in [0.1, 0.15) is 0 Å². The third-order valence-electron chi connectivity index (χ3n) is 2.99. The lowest BCUT2D eigenvalue weighted by atomic mass is 10.0. The molecule has 0 saturated heterocycles. The van der Waals surface area contributed by atoms with Gasteiger partial charge in [-0.05, 0) is 30.0 Å². The van der Waals surface area contributed by atoms with Crippen LogP contribution in [0.2, 0.25) is 0 Å². The van der Waals surface area contributed by atoms with Gasteiger partial charge in [0.15, 0.2) is 0 Å². The highest BCUT2D eigenvalue weighted by atomic mass is 79.9. The number of alkyl halides is 1. The fourth-order valence-electron chi connectivity index (χ4n) is 1.97. The summed E-state index contributed by atoms with van der Waals surface area (Å²) in [6.07, 6.45) is 1.22. The molecule has 96 valence electrons. The van der Waals surface area contributed by atoms with Crippen LogP contribution in [0.1, 0.15) is 44.2 Å². The quantitative estimate of drug-likeness (QED) is 0.674. The van der Waals surface area contributed by atoms with Crippen molar-refractivity contribution in [3.63, 3.8) is 0 Å². The molecule has 2 heteroatoms. The fourth-order valence-corrected chi connectivity index (χ4v) is 2.47. The molecule has 0 aliphatic carbocycles. The van der Waals surface area contributed by atoms with Crippen molar-refractivity contribution < 1.29 is 0 Å². The molecule has 0 spiro atoms. The van der Waals surface area contributed by atoms with Crippen LogP contribution >= 0.6 is 15.9 Å². The monoisotopic (exact) mass is 297 g/mol. The molecule has 1 aromatic rings. The van der Waals surface area contributed by atoms with Crippen molar-refractivity contribution in [1.29, 1.82) is 0 Å². The molecule has 0 heterocycles. The van der Waals surface area contributed by atoms with E-state index in [9.17, 15) is 0 Å². The molecular weight excluding hydrogens is 274 g/mol. The van der Waals surface area contributed by atoms with Gasteiger partial charge in [0, 0.05) is 18.4 Å².